The largest absolute Gasteiger partial charge is 0.462 e. The molecule has 0 aliphatic heterocycles. The molecule has 0 heterocycles. The van der Waals surface area contributed by atoms with E-state index in [0.29, 0.717) is 19.3 Å². The molecule has 0 aromatic carbocycles. The van der Waals surface area contributed by atoms with Crippen LogP contribution in [0.15, 0.2) is 134 Å². The lowest BCUT2D eigenvalue weighted by molar-refractivity contribution is -0.167. The molecule has 0 rings (SSSR count). The Morgan fingerprint density at radius 3 is 0.831 bits per heavy atom. The summed E-state index contributed by atoms with van der Waals surface area (Å²) in [5, 5.41) is 0. The molecule has 0 amide bonds. The Labute approximate surface area is 475 Å². The van der Waals surface area contributed by atoms with Crippen LogP contribution in [0.5, 0.6) is 0 Å². The molecule has 0 fully saturated rings. The average Bonchev–Trinajstić information content (AvgIpc) is 3.43. The first-order chi connectivity index (χ1) is 38.0. The highest BCUT2D eigenvalue weighted by Crippen LogP contribution is 2.15. The van der Waals surface area contributed by atoms with Gasteiger partial charge < -0.3 is 14.2 Å². The van der Waals surface area contributed by atoms with Gasteiger partial charge in [0.05, 0.1) is 0 Å². The van der Waals surface area contributed by atoms with Crippen molar-refractivity contribution < 1.29 is 28.6 Å². The summed E-state index contributed by atoms with van der Waals surface area (Å²) in [5.74, 6) is -0.996. The Hall–Kier alpha value is -4.45. The topological polar surface area (TPSA) is 78.9 Å². The van der Waals surface area contributed by atoms with Crippen LogP contribution in [0, 0.1) is 0 Å². The van der Waals surface area contributed by atoms with Crippen LogP contribution in [0.25, 0.3) is 0 Å². The molecule has 0 saturated heterocycles. The van der Waals surface area contributed by atoms with E-state index >= 15 is 0 Å². The summed E-state index contributed by atoms with van der Waals surface area (Å²) >= 11 is 0. The summed E-state index contributed by atoms with van der Waals surface area (Å²) in [6.45, 7) is 6.34. The van der Waals surface area contributed by atoms with Gasteiger partial charge in [0, 0.05) is 19.3 Å². The van der Waals surface area contributed by atoms with Gasteiger partial charge in [0.1, 0.15) is 13.2 Å². The van der Waals surface area contributed by atoms with E-state index in [9.17, 15) is 14.4 Å². The highest BCUT2D eigenvalue weighted by molar-refractivity contribution is 5.71. The summed E-state index contributed by atoms with van der Waals surface area (Å²) in [5.41, 5.74) is 0. The van der Waals surface area contributed by atoms with Crippen LogP contribution in [0.2, 0.25) is 0 Å². The summed E-state index contributed by atoms with van der Waals surface area (Å²) in [6.07, 6.45) is 90.3. The van der Waals surface area contributed by atoms with Crippen LogP contribution in [0.1, 0.15) is 278 Å². The normalized spacial score (nSPS) is 13.0. The fraction of sp³-hybridized carbons (Fsp3) is 0.648. The van der Waals surface area contributed by atoms with Gasteiger partial charge in [-0.2, -0.15) is 0 Å². The minimum Gasteiger partial charge on any atom is -0.462 e. The van der Waals surface area contributed by atoms with Crippen LogP contribution in [0.3, 0.4) is 0 Å². The van der Waals surface area contributed by atoms with E-state index in [1.54, 1.807) is 0 Å². The van der Waals surface area contributed by atoms with Crippen molar-refractivity contribution in [2.75, 3.05) is 13.2 Å². The highest BCUT2D eigenvalue weighted by atomic mass is 16.6. The lowest BCUT2D eigenvalue weighted by atomic mass is 10.0. The molecule has 0 spiro atoms. The van der Waals surface area contributed by atoms with Crippen molar-refractivity contribution in [3.05, 3.63) is 134 Å². The molecule has 0 N–H and O–H groups in total. The van der Waals surface area contributed by atoms with Gasteiger partial charge >= 0.3 is 17.9 Å². The van der Waals surface area contributed by atoms with E-state index in [1.165, 1.54) is 109 Å². The molecule has 1 atom stereocenters. The van der Waals surface area contributed by atoms with Crippen molar-refractivity contribution in [2.45, 2.75) is 284 Å². The van der Waals surface area contributed by atoms with Crippen molar-refractivity contribution in [1.29, 1.82) is 0 Å². The van der Waals surface area contributed by atoms with Crippen LogP contribution >= 0.6 is 0 Å². The van der Waals surface area contributed by atoms with Gasteiger partial charge in [-0.05, 0) is 128 Å². The quantitative estimate of drug-likeness (QED) is 0.0261. The molecule has 6 nitrogen and oxygen atoms in total. The molecule has 0 bridgehead atoms. The second-order valence-electron chi connectivity index (χ2n) is 20.5. The molecule has 436 valence electrons. The first-order valence-electron chi connectivity index (χ1n) is 31.7. The van der Waals surface area contributed by atoms with E-state index in [2.05, 4.69) is 154 Å². The Morgan fingerprint density at radius 2 is 0.519 bits per heavy atom. The third-order valence-electron chi connectivity index (χ3n) is 13.1. The fourth-order valence-electron chi connectivity index (χ4n) is 8.44. The number of carbonyl (C=O) groups excluding carboxylic acids is 3. The van der Waals surface area contributed by atoms with Gasteiger partial charge in [0.25, 0.3) is 0 Å². The van der Waals surface area contributed by atoms with E-state index in [-0.39, 0.29) is 37.5 Å². The van der Waals surface area contributed by atoms with Gasteiger partial charge in [-0.1, -0.05) is 264 Å². The second kappa shape index (κ2) is 64.1. The zero-order valence-corrected chi connectivity index (χ0v) is 49.9. The molecule has 0 radical (unpaired) electrons. The van der Waals surface area contributed by atoms with E-state index in [1.807, 2.05) is 0 Å². The van der Waals surface area contributed by atoms with Crippen LogP contribution in [-0.4, -0.2) is 37.2 Å². The average molecular weight is 1070 g/mol. The van der Waals surface area contributed by atoms with Crippen molar-refractivity contribution >= 4 is 17.9 Å². The van der Waals surface area contributed by atoms with Crippen LogP contribution in [0.4, 0.5) is 0 Å². The Bertz CT molecular complexity index is 1650. The molecular weight excluding hydrogens is 949 g/mol. The minimum atomic E-state index is -0.824. The van der Waals surface area contributed by atoms with Crippen molar-refractivity contribution in [1.82, 2.24) is 0 Å². The summed E-state index contributed by atoms with van der Waals surface area (Å²) in [6, 6.07) is 0. The Kier molecular flexibility index (Phi) is 60.4. The number of unbranched alkanes of at least 4 members (excludes halogenated alkanes) is 23. The number of carbonyl (C=O) groups is 3. The van der Waals surface area contributed by atoms with Gasteiger partial charge in [0.15, 0.2) is 6.10 Å². The number of ether oxygens (including phenoxy) is 3. The van der Waals surface area contributed by atoms with Crippen LogP contribution < -0.4 is 0 Å². The SMILES string of the molecule is CC/C=C\C/C=C\C/C=C\C/C=C\C/C=C\CCCC(=O)OC(COC(=O)CCCCCC/C=C\C/C=C\C/C=C\C/C=C\CC)COC(=O)CCCCCCCCCCCCCCC/C=C\C/C=C\CCCCCCC. The summed E-state index contributed by atoms with van der Waals surface area (Å²) < 4.78 is 16.8. The fourth-order valence-corrected chi connectivity index (χ4v) is 8.44. The van der Waals surface area contributed by atoms with E-state index in [4.69, 9.17) is 14.2 Å². The predicted octanol–water partition coefficient (Wildman–Crippen LogP) is 21.8. The van der Waals surface area contributed by atoms with Crippen molar-refractivity contribution in [3.63, 3.8) is 0 Å². The monoisotopic (exact) mass is 1060 g/mol. The molecule has 0 saturated carbocycles. The minimum absolute atomic E-state index is 0.112. The van der Waals surface area contributed by atoms with E-state index in [0.717, 1.165) is 122 Å². The molecule has 6 heteroatoms. The van der Waals surface area contributed by atoms with Gasteiger partial charge in [-0.25, -0.2) is 0 Å². The first-order valence-corrected chi connectivity index (χ1v) is 31.7. The van der Waals surface area contributed by atoms with Crippen molar-refractivity contribution in [3.8, 4) is 0 Å². The molecule has 0 aliphatic carbocycles. The summed E-state index contributed by atoms with van der Waals surface area (Å²) in [7, 11) is 0. The van der Waals surface area contributed by atoms with Gasteiger partial charge in [-0.15, -0.1) is 0 Å². The maximum Gasteiger partial charge on any atom is 0.306 e. The number of hydrogen-bond acceptors (Lipinski definition) is 6. The molecular formula is C71H116O6. The van der Waals surface area contributed by atoms with E-state index < -0.39 is 6.10 Å². The number of rotatable bonds is 56. The predicted molar refractivity (Wildman–Crippen MR) is 334 cm³/mol. The standard InChI is InChI=1S/C71H116O6/c1-4-7-10-13-16-19-22-25-28-31-32-33-34-35-36-37-38-41-43-46-49-52-55-58-61-64-70(73)76-67-68(77-71(74)65-62-59-56-53-50-47-44-40-30-27-24-21-18-15-12-9-6-3)66-75-69(72)63-60-57-54-51-48-45-42-39-29-26-23-20-17-14-11-8-5-2/h8-9,11-12,17-18,20-22,25-27,29-32,42,44-45,47,53,56,68H,4-7,10,13-16,19,23-24,28,33-41,43,46,48-52,54-55,57-67H2,1-3H3/b11-8-,12-9-,20-17-,21-18-,25-22-,29-26-,30-27-,32-31-,45-42-,47-44-,56-53-. The molecule has 77 heavy (non-hydrogen) atoms. The maximum absolute atomic E-state index is 12.9. The van der Waals surface area contributed by atoms with Gasteiger partial charge in [-0.3, -0.25) is 14.4 Å². The molecule has 1 unspecified atom stereocenters. The second-order valence-corrected chi connectivity index (χ2v) is 20.5. The number of allylic oxidation sites excluding steroid dienone is 22. The number of hydrogen-bond donors (Lipinski definition) is 0. The zero-order valence-electron chi connectivity index (χ0n) is 49.9. The van der Waals surface area contributed by atoms with Crippen molar-refractivity contribution in [2.24, 2.45) is 0 Å². The maximum atomic E-state index is 12.9. The third kappa shape index (κ3) is 62.3. The first kappa shape index (κ1) is 72.5. The van der Waals surface area contributed by atoms with Crippen LogP contribution in [-0.2, 0) is 28.6 Å². The Morgan fingerprint density at radius 1 is 0.273 bits per heavy atom. The molecule has 0 aromatic rings. The highest BCUT2D eigenvalue weighted by Gasteiger charge is 2.19. The molecule has 0 aromatic heterocycles. The Balaban J connectivity index is 4.44. The summed E-state index contributed by atoms with van der Waals surface area (Å²) in [4.78, 5) is 38.3. The smallest absolute Gasteiger partial charge is 0.306 e. The third-order valence-corrected chi connectivity index (χ3v) is 13.1. The molecule has 0 aliphatic rings. The van der Waals surface area contributed by atoms with Gasteiger partial charge in [0.2, 0.25) is 0 Å². The lowest BCUT2D eigenvalue weighted by Gasteiger charge is -2.18. The zero-order chi connectivity index (χ0) is 55.7. The lowest BCUT2D eigenvalue weighted by Crippen LogP contribution is -2.30. The number of esters is 3.